The molecule has 1 saturated carbocycles. The Morgan fingerprint density at radius 3 is 2.79 bits per heavy atom. The monoisotopic (exact) mass is 265 g/mol. The average molecular weight is 265 g/mol. The minimum absolute atomic E-state index is 0.0484. The van der Waals surface area contributed by atoms with Crippen LogP contribution in [-0.4, -0.2) is 33.9 Å². The summed E-state index contributed by atoms with van der Waals surface area (Å²) in [7, 11) is 0. The molecular formula is C14H23N3O2. The number of hydrogen-bond donors (Lipinski definition) is 3. The smallest absolute Gasteiger partial charge is 0.271 e. The quantitative estimate of drug-likeness (QED) is 0.776. The molecule has 1 amide bonds. The highest BCUT2D eigenvalue weighted by atomic mass is 16.3. The van der Waals surface area contributed by atoms with Gasteiger partial charge >= 0.3 is 0 Å². The number of carbonyl (C=O) groups excluding carboxylic acids is 1. The number of aromatic nitrogens is 2. The zero-order chi connectivity index (χ0) is 14.0. The molecule has 1 fully saturated rings. The number of aromatic amines is 1. The van der Waals surface area contributed by atoms with Gasteiger partial charge in [-0.1, -0.05) is 27.2 Å². The van der Waals surface area contributed by atoms with E-state index in [2.05, 4.69) is 36.3 Å². The molecular weight excluding hydrogens is 242 g/mol. The lowest BCUT2D eigenvalue weighted by molar-refractivity contribution is 0.0912. The van der Waals surface area contributed by atoms with Gasteiger partial charge in [0.15, 0.2) is 0 Å². The molecule has 1 aliphatic rings. The summed E-state index contributed by atoms with van der Waals surface area (Å²) < 4.78 is 0. The van der Waals surface area contributed by atoms with Crippen molar-refractivity contribution < 1.29 is 9.90 Å². The third kappa shape index (κ3) is 3.35. The van der Waals surface area contributed by atoms with E-state index < -0.39 is 0 Å². The first-order valence-corrected chi connectivity index (χ1v) is 6.90. The van der Waals surface area contributed by atoms with Crippen LogP contribution in [0.2, 0.25) is 0 Å². The van der Waals surface area contributed by atoms with E-state index in [1.807, 2.05) is 0 Å². The summed E-state index contributed by atoms with van der Waals surface area (Å²) in [6.45, 7) is 6.73. The van der Waals surface area contributed by atoms with Gasteiger partial charge < -0.3 is 10.4 Å². The molecule has 2 atom stereocenters. The molecule has 1 heterocycles. The molecule has 3 N–H and O–H groups in total. The van der Waals surface area contributed by atoms with E-state index in [1.54, 1.807) is 6.07 Å². The van der Waals surface area contributed by atoms with Crippen molar-refractivity contribution in [3.63, 3.8) is 0 Å². The number of nitrogens with zero attached hydrogens (tertiary/aromatic N) is 1. The molecule has 2 unspecified atom stereocenters. The fourth-order valence-electron chi connectivity index (χ4n) is 2.39. The van der Waals surface area contributed by atoms with Gasteiger partial charge in [0.25, 0.3) is 5.91 Å². The lowest BCUT2D eigenvalue weighted by atomic mass is 9.92. The fourth-order valence-corrected chi connectivity index (χ4v) is 2.39. The molecule has 0 aliphatic heterocycles. The number of aliphatic hydroxyl groups is 1. The first kappa shape index (κ1) is 14.1. The van der Waals surface area contributed by atoms with Gasteiger partial charge in [-0.15, -0.1) is 0 Å². The average Bonchev–Trinajstić information content (AvgIpc) is 2.93. The van der Waals surface area contributed by atoms with Crippen LogP contribution in [0.3, 0.4) is 0 Å². The normalized spacial score (nSPS) is 23.6. The Morgan fingerprint density at radius 1 is 1.53 bits per heavy atom. The van der Waals surface area contributed by atoms with Crippen LogP contribution in [0.4, 0.5) is 0 Å². The molecule has 5 nitrogen and oxygen atoms in total. The zero-order valence-corrected chi connectivity index (χ0v) is 11.9. The predicted octanol–water partition coefficient (Wildman–Crippen LogP) is 1.60. The molecule has 1 aliphatic carbocycles. The van der Waals surface area contributed by atoms with E-state index in [9.17, 15) is 9.90 Å². The van der Waals surface area contributed by atoms with Crippen molar-refractivity contribution in [2.45, 2.75) is 51.6 Å². The minimum Gasteiger partial charge on any atom is -0.393 e. The predicted molar refractivity (Wildman–Crippen MR) is 73.0 cm³/mol. The summed E-state index contributed by atoms with van der Waals surface area (Å²) in [6, 6.07) is 1.79. The van der Waals surface area contributed by atoms with Gasteiger partial charge in [-0.2, -0.15) is 5.10 Å². The fraction of sp³-hybridized carbons (Fsp3) is 0.714. The van der Waals surface area contributed by atoms with Crippen molar-refractivity contribution in [2.24, 2.45) is 5.92 Å². The lowest BCUT2D eigenvalue weighted by Crippen LogP contribution is -2.32. The Kier molecular flexibility index (Phi) is 3.94. The third-order valence-electron chi connectivity index (χ3n) is 3.76. The maximum absolute atomic E-state index is 12.0. The number of hydrogen-bond acceptors (Lipinski definition) is 3. The highest BCUT2D eigenvalue weighted by Gasteiger charge is 2.26. The van der Waals surface area contributed by atoms with E-state index in [0.717, 1.165) is 25.0 Å². The zero-order valence-electron chi connectivity index (χ0n) is 11.9. The number of rotatable bonds is 3. The molecule has 19 heavy (non-hydrogen) atoms. The second-order valence-corrected chi connectivity index (χ2v) is 6.39. The Hall–Kier alpha value is -1.36. The van der Waals surface area contributed by atoms with E-state index >= 15 is 0 Å². The molecule has 106 valence electrons. The Balaban J connectivity index is 1.91. The SMILES string of the molecule is CC(C)(C)c1cc(C(=O)NCC2CCCC2O)n[nH]1. The first-order chi connectivity index (χ1) is 8.88. The number of carbonyl (C=O) groups is 1. The van der Waals surface area contributed by atoms with Crippen molar-refractivity contribution in [2.75, 3.05) is 6.54 Å². The van der Waals surface area contributed by atoms with E-state index in [0.29, 0.717) is 12.2 Å². The van der Waals surface area contributed by atoms with Crippen LogP contribution in [0.1, 0.15) is 56.2 Å². The van der Waals surface area contributed by atoms with Gasteiger partial charge in [0.05, 0.1) is 6.10 Å². The van der Waals surface area contributed by atoms with Crippen LogP contribution in [0.15, 0.2) is 6.07 Å². The molecule has 1 aromatic heterocycles. The first-order valence-electron chi connectivity index (χ1n) is 6.90. The standard InChI is InChI=1S/C14H23N3O2/c1-14(2,3)12-7-10(16-17-12)13(19)15-8-9-5-4-6-11(9)18/h7,9,11,18H,4-6,8H2,1-3H3,(H,15,19)(H,16,17). The van der Waals surface area contributed by atoms with Crippen LogP contribution >= 0.6 is 0 Å². The molecule has 0 bridgehead atoms. The Bertz CT molecular complexity index is 448. The molecule has 2 rings (SSSR count). The van der Waals surface area contributed by atoms with Gasteiger partial charge in [-0.3, -0.25) is 9.89 Å². The van der Waals surface area contributed by atoms with Crippen molar-refractivity contribution >= 4 is 5.91 Å². The third-order valence-corrected chi connectivity index (χ3v) is 3.76. The lowest BCUT2D eigenvalue weighted by Gasteiger charge is -2.15. The van der Waals surface area contributed by atoms with E-state index in [4.69, 9.17) is 0 Å². The van der Waals surface area contributed by atoms with Crippen molar-refractivity contribution in [1.82, 2.24) is 15.5 Å². The Morgan fingerprint density at radius 2 is 2.26 bits per heavy atom. The van der Waals surface area contributed by atoms with E-state index in [-0.39, 0.29) is 23.3 Å². The topological polar surface area (TPSA) is 78.0 Å². The van der Waals surface area contributed by atoms with Gasteiger partial charge in [-0.25, -0.2) is 0 Å². The number of amides is 1. The van der Waals surface area contributed by atoms with Crippen LogP contribution in [0.25, 0.3) is 0 Å². The summed E-state index contributed by atoms with van der Waals surface area (Å²) in [5.41, 5.74) is 1.31. The second kappa shape index (κ2) is 5.33. The molecule has 0 spiro atoms. The summed E-state index contributed by atoms with van der Waals surface area (Å²) in [5, 5.41) is 19.5. The molecule has 0 saturated heterocycles. The number of H-pyrrole nitrogens is 1. The largest absolute Gasteiger partial charge is 0.393 e. The summed E-state index contributed by atoms with van der Waals surface area (Å²) >= 11 is 0. The molecule has 0 aromatic carbocycles. The van der Waals surface area contributed by atoms with Crippen LogP contribution in [-0.2, 0) is 5.41 Å². The molecule has 1 aromatic rings. The van der Waals surface area contributed by atoms with Crippen LogP contribution in [0, 0.1) is 5.92 Å². The van der Waals surface area contributed by atoms with Crippen LogP contribution in [0.5, 0.6) is 0 Å². The van der Waals surface area contributed by atoms with E-state index in [1.165, 1.54) is 0 Å². The van der Waals surface area contributed by atoms with Crippen LogP contribution < -0.4 is 5.32 Å². The summed E-state index contributed by atoms with van der Waals surface area (Å²) in [4.78, 5) is 12.0. The highest BCUT2D eigenvalue weighted by molar-refractivity contribution is 5.92. The number of aliphatic hydroxyl groups excluding tert-OH is 1. The highest BCUT2D eigenvalue weighted by Crippen LogP contribution is 2.25. The van der Waals surface area contributed by atoms with Gasteiger partial charge in [0.2, 0.25) is 0 Å². The van der Waals surface area contributed by atoms with Crippen molar-refractivity contribution in [3.05, 3.63) is 17.5 Å². The maximum atomic E-state index is 12.0. The Labute approximate surface area is 113 Å². The van der Waals surface area contributed by atoms with Gasteiger partial charge in [0, 0.05) is 23.6 Å². The summed E-state index contributed by atoms with van der Waals surface area (Å²) in [6.07, 6.45) is 2.59. The maximum Gasteiger partial charge on any atom is 0.271 e. The second-order valence-electron chi connectivity index (χ2n) is 6.39. The van der Waals surface area contributed by atoms with Crippen molar-refractivity contribution in [1.29, 1.82) is 0 Å². The summed E-state index contributed by atoms with van der Waals surface area (Å²) in [5.74, 6) is 0.0100. The van der Waals surface area contributed by atoms with Gasteiger partial charge in [-0.05, 0) is 18.9 Å². The molecule has 5 heteroatoms. The molecule has 0 radical (unpaired) electrons. The number of nitrogens with one attached hydrogen (secondary N) is 2. The van der Waals surface area contributed by atoms with Gasteiger partial charge in [0.1, 0.15) is 5.69 Å². The van der Waals surface area contributed by atoms with Crippen molar-refractivity contribution in [3.8, 4) is 0 Å². The minimum atomic E-state index is -0.273.